The van der Waals surface area contributed by atoms with Crippen LogP contribution in [-0.2, 0) is 0 Å². The Balaban J connectivity index is 2.01. The number of pyridine rings is 1. The first-order valence-electron chi connectivity index (χ1n) is 9.44. The molecule has 0 atom stereocenters. The fraction of sp³-hybridized carbons (Fsp3) is 0.238. The molecule has 0 aliphatic carbocycles. The van der Waals surface area contributed by atoms with Gasteiger partial charge in [-0.25, -0.2) is 13.6 Å². The molecule has 2 heterocycles. The molecule has 0 saturated carbocycles. The van der Waals surface area contributed by atoms with Gasteiger partial charge >= 0.3 is 6.16 Å². The fourth-order valence-corrected chi connectivity index (χ4v) is 3.80. The average Bonchev–Trinajstić information content (AvgIpc) is 2.72. The number of anilines is 1. The summed E-state index contributed by atoms with van der Waals surface area (Å²) >= 11 is 5.94. The predicted octanol–water partition coefficient (Wildman–Crippen LogP) is 3.73. The van der Waals surface area contributed by atoms with Crippen LogP contribution in [0.1, 0.15) is 0 Å². The van der Waals surface area contributed by atoms with Gasteiger partial charge in [-0.2, -0.15) is 0 Å². The minimum absolute atomic E-state index is 0.180. The molecule has 1 aliphatic rings. The lowest BCUT2D eigenvalue weighted by molar-refractivity contribution is 0.144. The Hall–Kier alpha value is -3.17. The molecule has 1 aliphatic heterocycles. The van der Waals surface area contributed by atoms with Crippen molar-refractivity contribution in [1.29, 1.82) is 0 Å². The number of hydrogen-bond donors (Lipinski definition) is 1. The molecule has 4 rings (SSSR count). The Morgan fingerprint density at radius 1 is 1.13 bits per heavy atom. The molecular formula is C21H18ClF2N3O4. The molecule has 1 saturated heterocycles. The minimum atomic E-state index is -1.71. The van der Waals surface area contributed by atoms with E-state index in [9.17, 15) is 9.59 Å². The molecule has 0 amide bonds. The van der Waals surface area contributed by atoms with Gasteiger partial charge in [0.2, 0.25) is 5.43 Å². The number of ether oxygens (including phenoxy) is 1. The number of rotatable bonds is 3. The third-order valence-corrected chi connectivity index (χ3v) is 5.50. The van der Waals surface area contributed by atoms with Gasteiger partial charge in [0.1, 0.15) is 11.5 Å². The second-order valence-electron chi connectivity index (χ2n) is 7.24. The summed E-state index contributed by atoms with van der Waals surface area (Å²) in [5.41, 5.74) is -0.945. The van der Waals surface area contributed by atoms with E-state index in [1.807, 2.05) is 11.9 Å². The third kappa shape index (κ3) is 3.94. The van der Waals surface area contributed by atoms with Crippen LogP contribution in [0.5, 0.6) is 5.75 Å². The van der Waals surface area contributed by atoms with Gasteiger partial charge in [0.15, 0.2) is 11.6 Å². The number of carbonyl (C=O) groups is 1. The quantitative estimate of drug-likeness (QED) is 0.614. The van der Waals surface area contributed by atoms with Gasteiger partial charge in [-0.3, -0.25) is 4.79 Å². The maximum atomic E-state index is 15.8. The lowest BCUT2D eigenvalue weighted by Gasteiger charge is -2.34. The van der Waals surface area contributed by atoms with E-state index in [1.54, 1.807) is 29.2 Å². The summed E-state index contributed by atoms with van der Waals surface area (Å²) < 4.78 is 36.6. The Morgan fingerprint density at radius 3 is 2.39 bits per heavy atom. The summed E-state index contributed by atoms with van der Waals surface area (Å²) in [4.78, 5) is 27.4. The molecule has 0 bridgehead atoms. The Bertz CT molecular complexity index is 1220. The summed E-state index contributed by atoms with van der Waals surface area (Å²) in [5.74, 6) is -2.38. The van der Waals surface area contributed by atoms with Crippen LogP contribution in [0, 0.1) is 11.6 Å². The molecule has 0 radical (unpaired) electrons. The van der Waals surface area contributed by atoms with Crippen molar-refractivity contribution in [3.63, 3.8) is 0 Å². The maximum absolute atomic E-state index is 15.8. The van der Waals surface area contributed by atoms with Crippen LogP contribution in [0.3, 0.4) is 0 Å². The summed E-state index contributed by atoms with van der Waals surface area (Å²) in [6, 6.07) is 7.17. The normalized spacial score (nSPS) is 14.8. The zero-order valence-corrected chi connectivity index (χ0v) is 17.2. The first-order valence-corrected chi connectivity index (χ1v) is 9.81. The summed E-state index contributed by atoms with van der Waals surface area (Å²) in [6.07, 6.45) is -0.634. The zero-order chi connectivity index (χ0) is 22.3. The highest BCUT2D eigenvalue weighted by molar-refractivity contribution is 6.30. The number of nitrogens with zero attached hydrogens (tertiary/aromatic N) is 3. The average molecular weight is 450 g/mol. The molecule has 162 valence electrons. The highest BCUT2D eigenvalue weighted by Gasteiger charge is 2.26. The van der Waals surface area contributed by atoms with Gasteiger partial charge in [-0.15, -0.1) is 0 Å². The van der Waals surface area contributed by atoms with Gasteiger partial charge < -0.3 is 24.2 Å². The van der Waals surface area contributed by atoms with Crippen LogP contribution in [0.25, 0.3) is 16.6 Å². The van der Waals surface area contributed by atoms with Gasteiger partial charge in [0, 0.05) is 36.9 Å². The van der Waals surface area contributed by atoms with Crippen LogP contribution in [-0.4, -0.2) is 54.0 Å². The van der Waals surface area contributed by atoms with E-state index in [2.05, 4.69) is 4.74 Å². The SMILES string of the molecule is CN1CCN(c2c(F)cc3c(=O)c(OC(=O)O)cn(-c4ccc(Cl)cc4)c3c2F)CC1. The van der Waals surface area contributed by atoms with Gasteiger partial charge in [0.05, 0.1) is 17.1 Å². The van der Waals surface area contributed by atoms with Crippen molar-refractivity contribution in [3.8, 4) is 11.4 Å². The van der Waals surface area contributed by atoms with Crippen molar-refractivity contribution in [1.82, 2.24) is 9.47 Å². The summed E-state index contributed by atoms with van der Waals surface area (Å²) in [6.45, 7) is 2.10. The number of halogens is 3. The Morgan fingerprint density at radius 2 is 1.77 bits per heavy atom. The largest absolute Gasteiger partial charge is 0.511 e. The topological polar surface area (TPSA) is 75.0 Å². The lowest BCUT2D eigenvalue weighted by Crippen LogP contribution is -2.45. The van der Waals surface area contributed by atoms with Crippen LogP contribution in [0.4, 0.5) is 19.3 Å². The van der Waals surface area contributed by atoms with Crippen molar-refractivity contribution in [3.05, 3.63) is 63.4 Å². The molecule has 1 N–H and O–H groups in total. The molecule has 0 spiro atoms. The highest BCUT2D eigenvalue weighted by atomic mass is 35.5. The second-order valence-corrected chi connectivity index (χ2v) is 7.68. The molecule has 7 nitrogen and oxygen atoms in total. The van der Waals surface area contributed by atoms with E-state index >= 15 is 8.78 Å². The van der Waals surface area contributed by atoms with Crippen LogP contribution in [0.15, 0.2) is 41.3 Å². The first-order chi connectivity index (χ1) is 14.8. The Labute approximate surface area is 180 Å². The van der Waals surface area contributed by atoms with Crippen molar-refractivity contribution >= 4 is 34.3 Å². The van der Waals surface area contributed by atoms with E-state index in [0.29, 0.717) is 36.9 Å². The molecule has 0 unspecified atom stereocenters. The van der Waals surface area contributed by atoms with Gasteiger partial charge in [-0.05, 0) is 37.4 Å². The number of hydrogen-bond acceptors (Lipinski definition) is 5. The molecule has 2 aromatic carbocycles. The maximum Gasteiger partial charge on any atom is 0.511 e. The molecule has 31 heavy (non-hydrogen) atoms. The molecule has 1 aromatic heterocycles. The fourth-order valence-electron chi connectivity index (χ4n) is 3.67. The monoisotopic (exact) mass is 449 g/mol. The minimum Gasteiger partial charge on any atom is -0.449 e. The second kappa shape index (κ2) is 8.16. The highest BCUT2D eigenvalue weighted by Crippen LogP contribution is 2.33. The predicted molar refractivity (Wildman–Crippen MR) is 113 cm³/mol. The van der Waals surface area contributed by atoms with Crippen molar-refractivity contribution < 1.29 is 23.4 Å². The number of piperazine rings is 1. The smallest absolute Gasteiger partial charge is 0.449 e. The molecule has 1 fully saturated rings. The lowest BCUT2D eigenvalue weighted by atomic mass is 10.1. The van der Waals surface area contributed by atoms with Gasteiger partial charge in [0.25, 0.3) is 0 Å². The Kier molecular flexibility index (Phi) is 5.55. The zero-order valence-electron chi connectivity index (χ0n) is 16.4. The number of fused-ring (bicyclic) bond motifs is 1. The van der Waals surface area contributed by atoms with Crippen molar-refractivity contribution in [2.45, 2.75) is 0 Å². The van der Waals surface area contributed by atoms with E-state index in [-0.39, 0.29) is 16.6 Å². The van der Waals surface area contributed by atoms with E-state index in [1.165, 1.54) is 4.57 Å². The number of likely N-dealkylation sites (N-methyl/N-ethyl adjacent to an activating group) is 1. The standard InChI is InChI=1S/C21H18ClF2N3O4/c1-25-6-8-26(9-7-25)19-15(23)10-14-18(17(19)24)27(13-4-2-12(22)3-5-13)11-16(20(14)28)31-21(29)30/h2-5,10-11H,6-9H2,1H3,(H,29,30). The molecule has 3 aromatic rings. The van der Waals surface area contributed by atoms with Crippen LogP contribution >= 0.6 is 11.6 Å². The van der Waals surface area contributed by atoms with Gasteiger partial charge in [-0.1, -0.05) is 11.6 Å². The summed E-state index contributed by atoms with van der Waals surface area (Å²) in [7, 11) is 1.92. The van der Waals surface area contributed by atoms with E-state index in [0.717, 1.165) is 12.3 Å². The molecular weight excluding hydrogens is 432 g/mol. The van der Waals surface area contributed by atoms with E-state index < -0.39 is 29.0 Å². The number of benzene rings is 2. The summed E-state index contributed by atoms with van der Waals surface area (Å²) in [5, 5.41) is 9.06. The van der Waals surface area contributed by atoms with Crippen molar-refractivity contribution in [2.75, 3.05) is 38.1 Å². The first kappa shape index (κ1) is 21.1. The van der Waals surface area contributed by atoms with Crippen molar-refractivity contribution in [2.24, 2.45) is 0 Å². The number of carboxylic acid groups (broad SMARTS) is 1. The number of aromatic nitrogens is 1. The molecule has 10 heteroatoms. The van der Waals surface area contributed by atoms with Crippen LogP contribution < -0.4 is 15.1 Å². The van der Waals surface area contributed by atoms with Crippen LogP contribution in [0.2, 0.25) is 5.02 Å². The third-order valence-electron chi connectivity index (χ3n) is 5.25. The van der Waals surface area contributed by atoms with E-state index in [4.69, 9.17) is 16.7 Å².